The van der Waals surface area contributed by atoms with E-state index in [0.717, 1.165) is 5.69 Å². The van der Waals surface area contributed by atoms with E-state index < -0.39 is 0 Å². The van der Waals surface area contributed by atoms with E-state index in [-0.39, 0.29) is 29.6 Å². The monoisotopic (exact) mass is 201 g/mol. The summed E-state index contributed by atoms with van der Waals surface area (Å²) in [6.07, 6.45) is 1.64. The van der Waals surface area contributed by atoms with Crippen molar-refractivity contribution in [1.29, 1.82) is 5.26 Å². The van der Waals surface area contributed by atoms with Gasteiger partial charge in [-0.25, -0.2) is 0 Å². The molecule has 62 valence electrons. The predicted molar refractivity (Wildman–Crippen MR) is 59.2 cm³/mol. The zero-order chi connectivity index (χ0) is 8.81. The summed E-state index contributed by atoms with van der Waals surface area (Å²) in [5, 5.41) is 11.3. The number of nitrogens with one attached hydrogen (secondary N) is 1. The molecule has 0 amide bonds. The van der Waals surface area contributed by atoms with E-state index in [1.54, 1.807) is 6.19 Å². The fourth-order valence-electron chi connectivity index (χ4n) is 0.726. The second-order valence-corrected chi connectivity index (χ2v) is 2.45. The summed E-state index contributed by atoms with van der Waals surface area (Å²) in [6, 6.07) is 9.41. The molecule has 0 bridgehead atoms. The van der Waals surface area contributed by atoms with Crippen molar-refractivity contribution in [2.75, 3.05) is 5.32 Å². The van der Waals surface area contributed by atoms with Crippen LogP contribution in [0.2, 0.25) is 0 Å². The maximum absolute atomic E-state index is 8.19. The van der Waals surface area contributed by atoms with E-state index in [4.69, 9.17) is 5.26 Å². The number of nitrogens with zero attached hydrogens (tertiary/aromatic N) is 2. The van der Waals surface area contributed by atoms with E-state index in [1.165, 1.54) is 0 Å². The van der Waals surface area contributed by atoms with Crippen molar-refractivity contribution in [3.05, 3.63) is 30.3 Å². The summed E-state index contributed by atoms with van der Waals surface area (Å²) >= 11 is 3.94. The van der Waals surface area contributed by atoms with Crippen molar-refractivity contribution >= 4 is 53.0 Å². The summed E-state index contributed by atoms with van der Waals surface area (Å²) in [6.45, 7) is 0. The Morgan fingerprint density at radius 1 is 1.38 bits per heavy atom. The van der Waals surface area contributed by atoms with Gasteiger partial charge in [0, 0.05) is 5.69 Å². The predicted octanol–water partition coefficient (Wildman–Crippen LogP) is 1.22. The van der Waals surface area contributed by atoms with Crippen LogP contribution in [0.3, 0.4) is 0 Å². The fourth-order valence-corrected chi connectivity index (χ4v) is 0.900. The molecule has 0 atom stereocenters. The standard InChI is InChI=1S/C8H7N3S.Na.H/c9-6-10-8(12)11-7-4-2-1-3-5-7;;/h1-5H,(H2,10,11,12);;. The zero-order valence-corrected chi connectivity index (χ0v) is 7.12. The normalized spacial score (nSPS) is 9.69. The van der Waals surface area contributed by atoms with Crippen molar-refractivity contribution in [2.45, 2.75) is 0 Å². The van der Waals surface area contributed by atoms with Gasteiger partial charge in [-0.1, -0.05) is 18.2 Å². The number of thiol groups is 1. The first-order chi connectivity index (χ1) is 5.83. The Kier molecular flexibility index (Phi) is 6.73. The number of nitriles is 1. The Bertz CT molecular complexity index is 318. The van der Waals surface area contributed by atoms with Gasteiger partial charge in [0.1, 0.15) is 0 Å². The van der Waals surface area contributed by atoms with Crippen LogP contribution in [0.4, 0.5) is 5.69 Å². The third kappa shape index (κ3) is 4.96. The Balaban J connectivity index is 0.00000144. The third-order valence-corrected chi connectivity index (χ3v) is 1.40. The quantitative estimate of drug-likeness (QED) is 0.236. The molecule has 0 saturated heterocycles. The Morgan fingerprint density at radius 2 is 2.00 bits per heavy atom. The Labute approximate surface area is 105 Å². The SMILES string of the molecule is N#CN=C(S)Nc1ccccc1.[NaH]. The molecule has 5 heteroatoms. The number of hydrogen-bond donors (Lipinski definition) is 2. The van der Waals surface area contributed by atoms with E-state index in [1.807, 2.05) is 30.3 Å². The molecular weight excluding hydrogens is 193 g/mol. The first kappa shape index (κ1) is 12.5. The summed E-state index contributed by atoms with van der Waals surface area (Å²) in [5.41, 5.74) is 0.863. The molecule has 0 aliphatic rings. The number of hydrogen-bond acceptors (Lipinski definition) is 2. The van der Waals surface area contributed by atoms with Crippen LogP contribution in [0, 0.1) is 11.5 Å². The summed E-state index contributed by atoms with van der Waals surface area (Å²) < 4.78 is 0. The number of rotatable bonds is 1. The molecule has 1 rings (SSSR count). The van der Waals surface area contributed by atoms with Crippen LogP contribution in [0.5, 0.6) is 0 Å². The molecule has 1 aromatic rings. The van der Waals surface area contributed by atoms with Gasteiger partial charge in [0.25, 0.3) is 0 Å². The maximum atomic E-state index is 8.19. The summed E-state index contributed by atoms with van der Waals surface area (Å²) in [7, 11) is 0. The molecule has 0 aromatic heterocycles. The van der Waals surface area contributed by atoms with Crippen LogP contribution in [-0.2, 0) is 0 Å². The minimum absolute atomic E-state index is 0. The molecule has 0 radical (unpaired) electrons. The summed E-state index contributed by atoms with van der Waals surface area (Å²) in [4.78, 5) is 3.40. The average Bonchev–Trinajstić information content (AvgIpc) is 2.06. The Morgan fingerprint density at radius 3 is 2.54 bits per heavy atom. The van der Waals surface area contributed by atoms with Crippen LogP contribution >= 0.6 is 12.6 Å². The molecule has 13 heavy (non-hydrogen) atoms. The number of aliphatic imine (C=N–C) groups is 1. The van der Waals surface area contributed by atoms with Gasteiger partial charge < -0.3 is 5.32 Å². The topological polar surface area (TPSA) is 48.2 Å². The van der Waals surface area contributed by atoms with Crippen LogP contribution in [0.15, 0.2) is 35.3 Å². The molecule has 1 aromatic carbocycles. The first-order valence-corrected chi connectivity index (χ1v) is 3.75. The first-order valence-electron chi connectivity index (χ1n) is 3.31. The van der Waals surface area contributed by atoms with Gasteiger partial charge in [-0.3, -0.25) is 0 Å². The minimum atomic E-state index is 0. The molecule has 1 N–H and O–H groups in total. The van der Waals surface area contributed by atoms with Gasteiger partial charge in [0.15, 0.2) is 5.17 Å². The van der Waals surface area contributed by atoms with Crippen molar-refractivity contribution in [1.82, 2.24) is 0 Å². The molecule has 0 aliphatic carbocycles. The summed E-state index contributed by atoms with van der Waals surface area (Å²) in [5.74, 6) is 0. The van der Waals surface area contributed by atoms with Crippen molar-refractivity contribution in [3.63, 3.8) is 0 Å². The van der Waals surface area contributed by atoms with Crippen molar-refractivity contribution in [2.24, 2.45) is 4.99 Å². The number of benzene rings is 1. The van der Waals surface area contributed by atoms with Crippen LogP contribution in [-0.4, -0.2) is 34.7 Å². The van der Waals surface area contributed by atoms with E-state index in [2.05, 4.69) is 22.9 Å². The molecule has 0 heterocycles. The fraction of sp³-hybridized carbons (Fsp3) is 0. The zero-order valence-electron chi connectivity index (χ0n) is 6.23. The molecule has 3 nitrogen and oxygen atoms in total. The molecule has 0 spiro atoms. The molecule has 0 aliphatic heterocycles. The number of anilines is 1. The third-order valence-electron chi connectivity index (χ3n) is 1.19. The van der Waals surface area contributed by atoms with Gasteiger partial charge in [0.05, 0.1) is 0 Å². The van der Waals surface area contributed by atoms with Gasteiger partial charge in [-0.05, 0) is 12.1 Å². The van der Waals surface area contributed by atoms with Crippen molar-refractivity contribution < 1.29 is 0 Å². The van der Waals surface area contributed by atoms with Gasteiger partial charge in [-0.2, -0.15) is 5.26 Å². The molecule has 0 unspecified atom stereocenters. The number of amidine groups is 1. The average molecular weight is 201 g/mol. The van der Waals surface area contributed by atoms with Gasteiger partial charge >= 0.3 is 29.6 Å². The van der Waals surface area contributed by atoms with Gasteiger partial charge in [0.2, 0.25) is 6.19 Å². The van der Waals surface area contributed by atoms with Crippen LogP contribution in [0.25, 0.3) is 0 Å². The number of para-hydroxylation sites is 1. The molecule has 0 fully saturated rings. The Hall–Kier alpha value is -0.470. The van der Waals surface area contributed by atoms with E-state index in [0.29, 0.717) is 5.17 Å². The molecule has 0 saturated carbocycles. The molecular formula is C8H8N3NaS. The second-order valence-electron chi connectivity index (χ2n) is 2.03. The van der Waals surface area contributed by atoms with E-state index >= 15 is 0 Å². The van der Waals surface area contributed by atoms with Gasteiger partial charge in [-0.15, -0.1) is 17.6 Å². The van der Waals surface area contributed by atoms with Crippen LogP contribution in [0.1, 0.15) is 0 Å². The van der Waals surface area contributed by atoms with Crippen molar-refractivity contribution in [3.8, 4) is 6.19 Å². The second kappa shape index (κ2) is 6.98. The van der Waals surface area contributed by atoms with Crippen LogP contribution < -0.4 is 5.32 Å². The van der Waals surface area contributed by atoms with E-state index in [9.17, 15) is 0 Å².